The number of hydrogen-bond donors (Lipinski definition) is 0. The number of benzene rings is 1. The normalized spacial score (nSPS) is 29.5. The number of nitro groups is 1. The summed E-state index contributed by atoms with van der Waals surface area (Å²) < 4.78 is 27.7. The Labute approximate surface area is 139 Å². The van der Waals surface area contributed by atoms with Gasteiger partial charge in [-0.2, -0.15) is 0 Å². The molecule has 1 saturated heterocycles. The van der Waals surface area contributed by atoms with Crippen molar-refractivity contribution in [2.24, 2.45) is 0 Å². The van der Waals surface area contributed by atoms with E-state index in [1.54, 1.807) is 0 Å². The predicted octanol–water partition coefficient (Wildman–Crippen LogP) is 3.10. The number of hydrogen-bond acceptors (Lipinski definition) is 8. The summed E-state index contributed by atoms with van der Waals surface area (Å²) in [5, 5.41) is 10.8. The van der Waals surface area contributed by atoms with Crippen LogP contribution in [-0.2, 0) is 27.4 Å². The number of nitrogens with zero attached hydrogens (tertiary/aromatic N) is 1. The van der Waals surface area contributed by atoms with Crippen LogP contribution in [0.2, 0.25) is 0 Å². The molecule has 2 rings (SSSR count). The van der Waals surface area contributed by atoms with Crippen molar-refractivity contribution in [2.75, 3.05) is 21.3 Å². The Morgan fingerprint density at radius 3 is 2.08 bits per heavy atom. The summed E-state index contributed by atoms with van der Waals surface area (Å²) in [4.78, 5) is 22.5. The number of Topliss-reactive ketones (excluding diaryl/α,β-unsaturated/α-hetero) is 1. The van der Waals surface area contributed by atoms with Gasteiger partial charge in [-0.25, -0.2) is 0 Å². The fraction of sp³-hybridized carbons (Fsp3) is 0.500. The fourth-order valence-corrected chi connectivity index (χ4v) is 5.00. The van der Waals surface area contributed by atoms with Crippen molar-refractivity contribution in [1.82, 2.24) is 0 Å². The molecule has 0 unspecified atom stereocenters. The summed E-state index contributed by atoms with van der Waals surface area (Å²) in [6.07, 6.45) is -0.923. The molecule has 24 heavy (non-hydrogen) atoms. The Kier molecular flexibility index (Phi) is 4.80. The zero-order chi connectivity index (χ0) is 18.2. The first-order valence-corrected chi connectivity index (χ1v) is 8.84. The molecule has 0 amide bonds. The zero-order valence-corrected chi connectivity index (χ0v) is 14.9. The third-order valence-electron chi connectivity index (χ3n) is 4.12. The Bertz CT molecular complexity index is 648. The molecule has 0 spiro atoms. The molecule has 1 aliphatic rings. The topological polar surface area (TPSA) is 106 Å². The second kappa shape index (κ2) is 6.11. The van der Waals surface area contributed by atoms with Crippen LogP contribution in [0.5, 0.6) is 0 Å². The van der Waals surface area contributed by atoms with Gasteiger partial charge in [-0.15, -0.1) is 0 Å². The van der Waals surface area contributed by atoms with Gasteiger partial charge in [0.2, 0.25) is 0 Å². The summed E-state index contributed by atoms with van der Waals surface area (Å²) in [7, 11) is -0.539. The average Bonchev–Trinajstić information content (AvgIpc) is 2.88. The van der Waals surface area contributed by atoms with Crippen LogP contribution < -0.4 is 0 Å². The van der Waals surface area contributed by atoms with Gasteiger partial charge in [0, 0.05) is 0 Å². The third kappa shape index (κ3) is 2.73. The van der Waals surface area contributed by atoms with Crippen LogP contribution in [0, 0.1) is 10.1 Å². The quantitative estimate of drug-likeness (QED) is 0.432. The van der Waals surface area contributed by atoms with Crippen LogP contribution in [0.4, 0.5) is 5.69 Å². The van der Waals surface area contributed by atoms with Gasteiger partial charge in [-0.05, 0) is 0 Å². The molecular weight excluding hydrogens is 341 g/mol. The van der Waals surface area contributed by atoms with Crippen molar-refractivity contribution >= 4 is 19.2 Å². The van der Waals surface area contributed by atoms with E-state index >= 15 is 0 Å². The van der Waals surface area contributed by atoms with E-state index in [0.717, 1.165) is 0 Å². The van der Waals surface area contributed by atoms with Crippen LogP contribution in [0.1, 0.15) is 25.5 Å². The summed E-state index contributed by atoms with van der Waals surface area (Å²) in [6, 6.07) is 5.62. The van der Waals surface area contributed by atoms with E-state index in [-0.39, 0.29) is 11.5 Å². The van der Waals surface area contributed by atoms with Crippen molar-refractivity contribution in [1.29, 1.82) is 0 Å². The monoisotopic (exact) mass is 361 g/mol. The molecule has 2 atom stereocenters. The first-order valence-electron chi connectivity index (χ1n) is 7.02. The zero-order valence-electron chi connectivity index (χ0n) is 14.0. The number of non-ortho nitro benzene ring substituents is 1. The van der Waals surface area contributed by atoms with Crippen molar-refractivity contribution < 1.29 is 32.3 Å². The molecule has 134 valence electrons. The number of carbonyl (C=O) groups is 1. The maximum absolute atomic E-state index is 12.2. The molecule has 0 saturated carbocycles. The Morgan fingerprint density at radius 2 is 1.71 bits per heavy atom. The van der Waals surface area contributed by atoms with Gasteiger partial charge in [0.1, 0.15) is 0 Å². The Morgan fingerprint density at radius 1 is 1.21 bits per heavy atom. The molecule has 0 bridgehead atoms. The standard InChI is InChI=1S/C14H20NO8P/c1-10(16)14(2)13(11-6-8-12(9-7-11)15(17)18)22-24(19-3,20-4,21-5)23-14/h6-9,13H,1-5H3/t13-,14+/m0/s1. The molecule has 0 aliphatic carbocycles. The van der Waals surface area contributed by atoms with Crippen molar-refractivity contribution in [3.8, 4) is 0 Å². The van der Waals surface area contributed by atoms with E-state index in [0.29, 0.717) is 5.56 Å². The first-order chi connectivity index (χ1) is 11.2. The van der Waals surface area contributed by atoms with Crippen LogP contribution in [-0.4, -0.2) is 37.6 Å². The van der Waals surface area contributed by atoms with Gasteiger partial charge in [-0.3, -0.25) is 0 Å². The molecule has 0 radical (unpaired) electrons. The van der Waals surface area contributed by atoms with E-state index < -0.39 is 24.4 Å². The maximum atomic E-state index is 12.2. The second-order valence-electron chi connectivity index (χ2n) is 5.38. The number of ketones is 1. The van der Waals surface area contributed by atoms with Crippen LogP contribution in [0.25, 0.3) is 0 Å². The van der Waals surface area contributed by atoms with Gasteiger partial charge in [0.25, 0.3) is 0 Å². The second-order valence-corrected chi connectivity index (χ2v) is 8.36. The van der Waals surface area contributed by atoms with Gasteiger partial charge in [0.15, 0.2) is 0 Å². The molecule has 1 aromatic carbocycles. The SMILES string of the molecule is COP1(OC)(OC)O[C@@H](c2ccc([N+](=O)[O-])cc2)[C@@](C)(C(C)=O)O1. The van der Waals surface area contributed by atoms with Gasteiger partial charge >= 0.3 is 138 Å². The average molecular weight is 361 g/mol. The summed E-state index contributed by atoms with van der Waals surface area (Å²) in [5.74, 6) is -0.330. The van der Waals surface area contributed by atoms with Crippen molar-refractivity contribution in [3.63, 3.8) is 0 Å². The summed E-state index contributed by atoms with van der Waals surface area (Å²) in [5.41, 5.74) is -1.03. The number of carbonyl (C=O) groups excluding carboxylic acids is 1. The molecule has 1 fully saturated rings. The Balaban J connectivity index is 2.54. The molecule has 1 heterocycles. The van der Waals surface area contributed by atoms with E-state index in [9.17, 15) is 14.9 Å². The fourth-order valence-electron chi connectivity index (χ4n) is 2.51. The molecule has 9 nitrogen and oxygen atoms in total. The van der Waals surface area contributed by atoms with E-state index in [1.807, 2.05) is 0 Å². The third-order valence-corrected chi connectivity index (χ3v) is 7.14. The van der Waals surface area contributed by atoms with E-state index in [1.165, 1.54) is 59.4 Å². The molecule has 1 aliphatic heterocycles. The van der Waals surface area contributed by atoms with Gasteiger partial charge in [-0.1, -0.05) is 0 Å². The van der Waals surface area contributed by atoms with Crippen LogP contribution >= 0.6 is 7.74 Å². The van der Waals surface area contributed by atoms with Crippen LogP contribution in [0.3, 0.4) is 0 Å². The van der Waals surface area contributed by atoms with E-state index in [4.69, 9.17) is 22.6 Å². The Hall–Kier alpha value is -1.48. The molecular formula is C14H20NO8P. The van der Waals surface area contributed by atoms with Gasteiger partial charge in [0.05, 0.1) is 0 Å². The first kappa shape index (κ1) is 18.9. The summed E-state index contributed by atoms with van der Waals surface area (Å²) in [6.45, 7) is 2.88. The predicted molar refractivity (Wildman–Crippen MR) is 85.0 cm³/mol. The number of rotatable bonds is 6. The minimum atomic E-state index is -4.42. The minimum absolute atomic E-state index is 0.0788. The summed E-state index contributed by atoms with van der Waals surface area (Å²) >= 11 is 0. The number of nitro benzene ring substituents is 1. The van der Waals surface area contributed by atoms with Crippen molar-refractivity contribution in [2.45, 2.75) is 25.6 Å². The molecule has 0 N–H and O–H groups in total. The van der Waals surface area contributed by atoms with Crippen LogP contribution in [0.15, 0.2) is 24.3 Å². The molecule has 10 heteroatoms. The van der Waals surface area contributed by atoms with Gasteiger partial charge < -0.3 is 0 Å². The van der Waals surface area contributed by atoms with Crippen molar-refractivity contribution in [3.05, 3.63) is 39.9 Å². The molecule has 1 aromatic rings. The van der Waals surface area contributed by atoms with E-state index in [2.05, 4.69) is 0 Å². The molecule has 0 aromatic heterocycles.